The molecule has 2 rings (SSSR count). The molecule has 1 nitrogen and oxygen atoms in total. The fourth-order valence-corrected chi connectivity index (χ4v) is 2.53. The molecule has 20 heavy (non-hydrogen) atoms. The molecule has 0 saturated heterocycles. The minimum absolute atomic E-state index is 0.426. The van der Waals surface area contributed by atoms with E-state index in [0.29, 0.717) is 12.3 Å². The summed E-state index contributed by atoms with van der Waals surface area (Å²) in [6, 6.07) is 16.7. The van der Waals surface area contributed by atoms with Crippen LogP contribution in [-0.4, -0.2) is 5.11 Å². The fraction of sp³-hybridized carbons (Fsp3) is 0.368. The molecule has 0 aliphatic rings. The number of aliphatic hydroxyl groups excluding tert-OH is 1. The van der Waals surface area contributed by atoms with Crippen LogP contribution in [0.5, 0.6) is 0 Å². The second kappa shape index (κ2) is 6.71. The van der Waals surface area contributed by atoms with E-state index in [-0.39, 0.29) is 0 Å². The van der Waals surface area contributed by atoms with E-state index in [1.807, 2.05) is 6.07 Å². The van der Waals surface area contributed by atoms with E-state index in [2.05, 4.69) is 63.2 Å². The van der Waals surface area contributed by atoms with Gasteiger partial charge in [0.1, 0.15) is 0 Å². The summed E-state index contributed by atoms with van der Waals surface area (Å²) in [6.07, 6.45) is 1.34. The fourth-order valence-electron chi connectivity index (χ4n) is 2.53. The number of hydrogen-bond acceptors (Lipinski definition) is 1. The van der Waals surface area contributed by atoms with Crippen LogP contribution >= 0.6 is 0 Å². The molecule has 0 radical (unpaired) electrons. The van der Waals surface area contributed by atoms with E-state index < -0.39 is 6.10 Å². The summed E-state index contributed by atoms with van der Waals surface area (Å²) in [5, 5.41) is 10.3. The third kappa shape index (κ3) is 4.21. The molecule has 0 heterocycles. The summed E-state index contributed by atoms with van der Waals surface area (Å²) in [6.45, 7) is 6.53. The molecule has 0 saturated carbocycles. The normalized spacial score (nSPS) is 12.7. The first-order valence-corrected chi connectivity index (χ1v) is 7.37. The maximum absolute atomic E-state index is 10.3. The van der Waals surface area contributed by atoms with Gasteiger partial charge >= 0.3 is 0 Å². The van der Waals surface area contributed by atoms with Gasteiger partial charge in [0.05, 0.1) is 6.10 Å². The first-order valence-electron chi connectivity index (χ1n) is 7.37. The van der Waals surface area contributed by atoms with Gasteiger partial charge < -0.3 is 5.11 Å². The lowest BCUT2D eigenvalue weighted by Gasteiger charge is -2.13. The number of rotatable bonds is 5. The molecule has 0 aliphatic carbocycles. The van der Waals surface area contributed by atoms with E-state index in [1.165, 1.54) is 16.7 Å². The van der Waals surface area contributed by atoms with Crippen molar-refractivity contribution in [3.05, 3.63) is 70.8 Å². The van der Waals surface area contributed by atoms with Crippen LogP contribution in [0.25, 0.3) is 0 Å². The Morgan fingerprint density at radius 3 is 2.20 bits per heavy atom. The Hall–Kier alpha value is -1.60. The zero-order valence-corrected chi connectivity index (χ0v) is 12.6. The van der Waals surface area contributed by atoms with Gasteiger partial charge in [-0.1, -0.05) is 67.9 Å². The van der Waals surface area contributed by atoms with Crippen molar-refractivity contribution in [3.8, 4) is 0 Å². The molecule has 0 fully saturated rings. The third-order valence-electron chi connectivity index (χ3n) is 3.52. The molecule has 1 heteroatoms. The van der Waals surface area contributed by atoms with E-state index in [1.54, 1.807) is 0 Å². The Bertz CT molecular complexity index is 540. The average molecular weight is 268 g/mol. The highest BCUT2D eigenvalue weighted by Gasteiger charge is 2.09. The van der Waals surface area contributed by atoms with E-state index >= 15 is 0 Å². The summed E-state index contributed by atoms with van der Waals surface area (Å²) in [4.78, 5) is 0. The molecule has 1 N–H and O–H groups in total. The van der Waals surface area contributed by atoms with Crippen molar-refractivity contribution in [2.75, 3.05) is 0 Å². The molecule has 0 bridgehead atoms. The zero-order valence-electron chi connectivity index (χ0n) is 12.6. The predicted octanol–water partition coefficient (Wildman–Crippen LogP) is 4.47. The largest absolute Gasteiger partial charge is 0.388 e. The summed E-state index contributed by atoms with van der Waals surface area (Å²) in [5.41, 5.74) is 4.76. The first-order chi connectivity index (χ1) is 9.54. The van der Waals surface area contributed by atoms with Gasteiger partial charge in [0.15, 0.2) is 0 Å². The van der Waals surface area contributed by atoms with Crippen molar-refractivity contribution >= 4 is 0 Å². The number of aryl methyl sites for hydroxylation is 1. The molecule has 0 spiro atoms. The molecule has 2 aromatic carbocycles. The van der Waals surface area contributed by atoms with Crippen LogP contribution in [0.3, 0.4) is 0 Å². The van der Waals surface area contributed by atoms with Gasteiger partial charge in [-0.25, -0.2) is 0 Å². The van der Waals surface area contributed by atoms with Gasteiger partial charge in [-0.3, -0.25) is 0 Å². The monoisotopic (exact) mass is 268 g/mol. The van der Waals surface area contributed by atoms with Crippen LogP contribution in [0.15, 0.2) is 48.5 Å². The van der Waals surface area contributed by atoms with E-state index in [9.17, 15) is 5.11 Å². The van der Waals surface area contributed by atoms with Crippen LogP contribution in [-0.2, 0) is 12.8 Å². The van der Waals surface area contributed by atoms with Crippen LogP contribution in [0.2, 0.25) is 0 Å². The standard InChI is InChI=1S/C19H24O/c1-14(2)11-16-7-9-18(10-8-16)19(20)13-17-6-4-5-15(3)12-17/h4-10,12,14,19-20H,11,13H2,1-3H3. The van der Waals surface area contributed by atoms with Crippen molar-refractivity contribution in [3.63, 3.8) is 0 Å². The highest BCUT2D eigenvalue weighted by Crippen LogP contribution is 2.20. The van der Waals surface area contributed by atoms with Crippen LogP contribution < -0.4 is 0 Å². The van der Waals surface area contributed by atoms with Crippen molar-refractivity contribution < 1.29 is 5.11 Å². The second-order valence-electron chi connectivity index (χ2n) is 6.05. The minimum Gasteiger partial charge on any atom is -0.388 e. The van der Waals surface area contributed by atoms with Crippen molar-refractivity contribution in [1.82, 2.24) is 0 Å². The van der Waals surface area contributed by atoms with Gasteiger partial charge in [-0.2, -0.15) is 0 Å². The first kappa shape index (κ1) is 14.8. The molecule has 1 atom stereocenters. The number of hydrogen-bond donors (Lipinski definition) is 1. The maximum atomic E-state index is 10.3. The van der Waals surface area contributed by atoms with Gasteiger partial charge in [0.2, 0.25) is 0 Å². The summed E-state index contributed by atoms with van der Waals surface area (Å²) in [7, 11) is 0. The SMILES string of the molecule is Cc1cccc(CC(O)c2ccc(CC(C)C)cc2)c1. The lowest BCUT2D eigenvalue weighted by Crippen LogP contribution is -2.02. The maximum Gasteiger partial charge on any atom is 0.0830 e. The summed E-state index contributed by atoms with van der Waals surface area (Å²) < 4.78 is 0. The van der Waals surface area contributed by atoms with Gasteiger partial charge in [0.25, 0.3) is 0 Å². The lowest BCUT2D eigenvalue weighted by molar-refractivity contribution is 0.178. The van der Waals surface area contributed by atoms with Crippen LogP contribution in [0.1, 0.15) is 42.2 Å². The van der Waals surface area contributed by atoms with Gasteiger partial charge in [0, 0.05) is 6.42 Å². The van der Waals surface area contributed by atoms with Crippen LogP contribution in [0.4, 0.5) is 0 Å². The molecule has 0 amide bonds. The molecule has 1 unspecified atom stereocenters. The molecule has 0 aliphatic heterocycles. The zero-order chi connectivity index (χ0) is 14.5. The summed E-state index contributed by atoms with van der Waals surface area (Å²) >= 11 is 0. The van der Waals surface area contributed by atoms with Crippen molar-refractivity contribution in [2.24, 2.45) is 5.92 Å². The molecular formula is C19H24O. The third-order valence-corrected chi connectivity index (χ3v) is 3.52. The Kier molecular flexibility index (Phi) is 4.97. The minimum atomic E-state index is -0.426. The number of aliphatic hydroxyl groups is 1. The Labute approximate surface area is 122 Å². The Balaban J connectivity index is 2.03. The Morgan fingerprint density at radius 2 is 1.60 bits per heavy atom. The predicted molar refractivity (Wildman–Crippen MR) is 84.8 cm³/mol. The van der Waals surface area contributed by atoms with Crippen molar-refractivity contribution in [2.45, 2.75) is 39.7 Å². The summed E-state index contributed by atoms with van der Waals surface area (Å²) in [5.74, 6) is 0.665. The smallest absolute Gasteiger partial charge is 0.0830 e. The number of benzene rings is 2. The second-order valence-corrected chi connectivity index (χ2v) is 6.05. The van der Waals surface area contributed by atoms with Gasteiger partial charge in [-0.15, -0.1) is 0 Å². The van der Waals surface area contributed by atoms with Crippen molar-refractivity contribution in [1.29, 1.82) is 0 Å². The topological polar surface area (TPSA) is 20.2 Å². The quantitative estimate of drug-likeness (QED) is 0.848. The average Bonchev–Trinajstić information content (AvgIpc) is 2.38. The lowest BCUT2D eigenvalue weighted by atomic mass is 9.97. The van der Waals surface area contributed by atoms with Crippen LogP contribution in [0, 0.1) is 12.8 Å². The van der Waals surface area contributed by atoms with Gasteiger partial charge in [-0.05, 0) is 36.0 Å². The molecule has 0 aromatic heterocycles. The molecular weight excluding hydrogens is 244 g/mol. The highest BCUT2D eigenvalue weighted by atomic mass is 16.3. The highest BCUT2D eigenvalue weighted by molar-refractivity contribution is 5.28. The molecule has 106 valence electrons. The Morgan fingerprint density at radius 1 is 0.900 bits per heavy atom. The van der Waals surface area contributed by atoms with E-state index in [0.717, 1.165) is 12.0 Å². The van der Waals surface area contributed by atoms with E-state index in [4.69, 9.17) is 0 Å². The molecule has 2 aromatic rings.